The van der Waals surface area contributed by atoms with Crippen LogP contribution in [-0.2, 0) is 9.59 Å². The van der Waals surface area contributed by atoms with Crippen LogP contribution in [0.15, 0.2) is 48.2 Å². The Morgan fingerprint density at radius 2 is 1.45 bits per heavy atom. The van der Waals surface area contributed by atoms with Crippen LogP contribution in [-0.4, -0.2) is 75.7 Å². The van der Waals surface area contributed by atoms with Crippen LogP contribution in [0.1, 0.15) is 12.5 Å². The number of hydrogen-bond acceptors (Lipinski definition) is 7. The highest BCUT2D eigenvalue weighted by Gasteiger charge is 2.43. The maximum absolute atomic E-state index is 13.7. The summed E-state index contributed by atoms with van der Waals surface area (Å²) in [6.07, 6.45) is 0. The van der Waals surface area contributed by atoms with Crippen LogP contribution in [0.3, 0.4) is 0 Å². The highest BCUT2D eigenvalue weighted by atomic mass is 16.5. The third kappa shape index (κ3) is 4.14. The molecule has 2 heterocycles. The lowest BCUT2D eigenvalue weighted by Gasteiger charge is -2.36. The van der Waals surface area contributed by atoms with E-state index in [1.807, 2.05) is 4.90 Å². The van der Waals surface area contributed by atoms with Gasteiger partial charge in [0.05, 0.1) is 32.6 Å². The number of carbonyl (C=O) groups is 2. The van der Waals surface area contributed by atoms with Gasteiger partial charge in [-0.3, -0.25) is 9.59 Å². The fourth-order valence-electron chi connectivity index (χ4n) is 4.32. The van der Waals surface area contributed by atoms with Gasteiger partial charge in [-0.1, -0.05) is 13.0 Å². The summed E-state index contributed by atoms with van der Waals surface area (Å²) in [5.41, 5.74) is 1.93. The van der Waals surface area contributed by atoms with E-state index in [2.05, 4.69) is 11.8 Å². The number of imide groups is 1. The standard InChI is InChI=1S/C25H29N3O5/c1-5-26-12-14-27(15-13-26)23-22(17-6-11-20(32-3)21(16-17)33-4)24(29)28(25(23)30)18-7-9-19(31-2)10-8-18/h6-11,16H,5,12-15H2,1-4H3. The maximum atomic E-state index is 13.7. The molecule has 1 saturated heterocycles. The summed E-state index contributed by atoms with van der Waals surface area (Å²) < 4.78 is 16.0. The van der Waals surface area contributed by atoms with Crippen molar-refractivity contribution in [2.45, 2.75) is 6.92 Å². The Labute approximate surface area is 193 Å². The molecule has 2 amide bonds. The molecule has 174 valence electrons. The van der Waals surface area contributed by atoms with E-state index in [4.69, 9.17) is 14.2 Å². The van der Waals surface area contributed by atoms with Crippen molar-refractivity contribution in [3.05, 3.63) is 53.7 Å². The predicted molar refractivity (Wildman–Crippen MR) is 126 cm³/mol. The first-order chi connectivity index (χ1) is 16.0. The quantitative estimate of drug-likeness (QED) is 0.600. The summed E-state index contributed by atoms with van der Waals surface area (Å²) in [6, 6.07) is 12.2. The van der Waals surface area contributed by atoms with E-state index in [0.717, 1.165) is 19.6 Å². The molecule has 2 aromatic rings. The first kappa shape index (κ1) is 22.7. The minimum Gasteiger partial charge on any atom is -0.497 e. The van der Waals surface area contributed by atoms with Crippen LogP contribution in [0.2, 0.25) is 0 Å². The molecule has 0 N–H and O–H groups in total. The van der Waals surface area contributed by atoms with Gasteiger partial charge in [-0.15, -0.1) is 0 Å². The number of rotatable bonds is 7. The summed E-state index contributed by atoms with van der Waals surface area (Å²) in [7, 11) is 4.68. The number of nitrogens with zero attached hydrogens (tertiary/aromatic N) is 3. The second-order valence-corrected chi connectivity index (χ2v) is 7.86. The molecule has 2 aliphatic rings. The molecular weight excluding hydrogens is 422 g/mol. The van der Waals surface area contributed by atoms with Crippen molar-refractivity contribution >= 4 is 23.1 Å². The number of amides is 2. The minimum absolute atomic E-state index is 0.320. The number of anilines is 1. The molecule has 0 bridgehead atoms. The molecule has 0 aromatic heterocycles. The molecule has 8 nitrogen and oxygen atoms in total. The van der Waals surface area contributed by atoms with Gasteiger partial charge in [0.2, 0.25) is 0 Å². The van der Waals surface area contributed by atoms with Gasteiger partial charge in [-0.2, -0.15) is 0 Å². The van der Waals surface area contributed by atoms with E-state index in [1.165, 1.54) is 4.90 Å². The van der Waals surface area contributed by atoms with Gasteiger partial charge < -0.3 is 24.0 Å². The highest BCUT2D eigenvalue weighted by Crippen LogP contribution is 2.38. The molecule has 8 heteroatoms. The Bertz CT molecular complexity index is 1070. The molecule has 0 saturated carbocycles. The second kappa shape index (κ2) is 9.54. The number of benzene rings is 2. The molecule has 1 fully saturated rings. The molecule has 4 rings (SSSR count). The van der Waals surface area contributed by atoms with Gasteiger partial charge in [0.15, 0.2) is 11.5 Å². The Kier molecular flexibility index (Phi) is 6.55. The van der Waals surface area contributed by atoms with Crippen LogP contribution < -0.4 is 19.1 Å². The average Bonchev–Trinajstić information content (AvgIpc) is 3.13. The highest BCUT2D eigenvalue weighted by molar-refractivity contribution is 6.45. The molecule has 0 spiro atoms. The smallest absolute Gasteiger partial charge is 0.282 e. The van der Waals surface area contributed by atoms with Crippen LogP contribution in [0.4, 0.5) is 5.69 Å². The van der Waals surface area contributed by atoms with E-state index in [0.29, 0.717) is 52.9 Å². The summed E-state index contributed by atoms with van der Waals surface area (Å²) in [4.78, 5) is 33.0. The van der Waals surface area contributed by atoms with E-state index >= 15 is 0 Å². The zero-order valence-corrected chi connectivity index (χ0v) is 19.5. The van der Waals surface area contributed by atoms with Crippen LogP contribution in [0, 0.1) is 0 Å². The van der Waals surface area contributed by atoms with Gasteiger partial charge in [0.1, 0.15) is 11.4 Å². The topological polar surface area (TPSA) is 71.6 Å². The Morgan fingerprint density at radius 1 is 0.788 bits per heavy atom. The first-order valence-electron chi connectivity index (χ1n) is 11.0. The summed E-state index contributed by atoms with van der Waals surface area (Å²) in [5, 5.41) is 0. The molecule has 2 aromatic carbocycles. The fraction of sp³-hybridized carbons (Fsp3) is 0.360. The number of likely N-dealkylation sites (N-methyl/N-ethyl adjacent to an activating group) is 1. The van der Waals surface area contributed by atoms with Gasteiger partial charge in [-0.25, -0.2) is 4.90 Å². The lowest BCUT2D eigenvalue weighted by atomic mass is 10.0. The molecule has 33 heavy (non-hydrogen) atoms. The van der Waals surface area contributed by atoms with Crippen molar-refractivity contribution in [1.29, 1.82) is 0 Å². The third-order valence-corrected chi connectivity index (χ3v) is 6.20. The maximum Gasteiger partial charge on any atom is 0.282 e. The lowest BCUT2D eigenvalue weighted by Crippen LogP contribution is -2.47. The summed E-state index contributed by atoms with van der Waals surface area (Å²) in [5.74, 6) is 1.04. The Balaban J connectivity index is 1.79. The number of piperazine rings is 1. The van der Waals surface area contributed by atoms with E-state index in [9.17, 15) is 9.59 Å². The molecule has 0 radical (unpaired) electrons. The van der Waals surface area contributed by atoms with Gasteiger partial charge in [0, 0.05) is 26.2 Å². The zero-order chi connectivity index (χ0) is 23.5. The monoisotopic (exact) mass is 451 g/mol. The van der Waals surface area contributed by atoms with Gasteiger partial charge in [0.25, 0.3) is 11.8 Å². The molecule has 2 aliphatic heterocycles. The van der Waals surface area contributed by atoms with Crippen molar-refractivity contribution in [2.75, 3.05) is 59.0 Å². The van der Waals surface area contributed by atoms with Crippen molar-refractivity contribution in [3.8, 4) is 17.2 Å². The van der Waals surface area contributed by atoms with Crippen LogP contribution in [0.25, 0.3) is 5.57 Å². The SMILES string of the molecule is CCN1CCN(C2=C(c3ccc(OC)c(OC)c3)C(=O)N(c3ccc(OC)cc3)C2=O)CC1. The number of carbonyl (C=O) groups excluding carboxylic acids is 2. The predicted octanol–water partition coefficient (Wildman–Crippen LogP) is 2.63. The molecule has 0 atom stereocenters. The first-order valence-corrected chi connectivity index (χ1v) is 11.0. The van der Waals surface area contributed by atoms with Gasteiger partial charge >= 0.3 is 0 Å². The Morgan fingerprint density at radius 3 is 2.03 bits per heavy atom. The lowest BCUT2D eigenvalue weighted by molar-refractivity contribution is -0.120. The van der Waals surface area contributed by atoms with Crippen molar-refractivity contribution < 1.29 is 23.8 Å². The van der Waals surface area contributed by atoms with Gasteiger partial charge in [-0.05, 0) is 48.5 Å². The van der Waals surface area contributed by atoms with E-state index < -0.39 is 0 Å². The molecule has 0 unspecified atom stereocenters. The molecular formula is C25H29N3O5. The zero-order valence-electron chi connectivity index (χ0n) is 19.5. The number of methoxy groups -OCH3 is 3. The summed E-state index contributed by atoms with van der Waals surface area (Å²) in [6.45, 7) is 6.11. The third-order valence-electron chi connectivity index (χ3n) is 6.20. The number of hydrogen-bond donors (Lipinski definition) is 0. The van der Waals surface area contributed by atoms with Crippen molar-refractivity contribution in [1.82, 2.24) is 9.80 Å². The van der Waals surface area contributed by atoms with E-state index in [-0.39, 0.29) is 11.8 Å². The Hall–Kier alpha value is -3.52. The fourth-order valence-corrected chi connectivity index (χ4v) is 4.32. The van der Waals surface area contributed by atoms with Crippen LogP contribution >= 0.6 is 0 Å². The largest absolute Gasteiger partial charge is 0.497 e. The second-order valence-electron chi connectivity index (χ2n) is 7.86. The average molecular weight is 452 g/mol. The number of ether oxygens (including phenoxy) is 3. The minimum atomic E-state index is -0.356. The van der Waals surface area contributed by atoms with Crippen LogP contribution in [0.5, 0.6) is 17.2 Å². The van der Waals surface area contributed by atoms with Crippen molar-refractivity contribution in [2.24, 2.45) is 0 Å². The normalized spacial score (nSPS) is 17.1. The van der Waals surface area contributed by atoms with E-state index in [1.54, 1.807) is 63.8 Å². The molecule has 0 aliphatic carbocycles. The summed E-state index contributed by atoms with van der Waals surface area (Å²) >= 11 is 0. The van der Waals surface area contributed by atoms with Crippen molar-refractivity contribution in [3.63, 3.8) is 0 Å².